The molecule has 4 nitrogen and oxygen atoms in total. The lowest BCUT2D eigenvalue weighted by Gasteiger charge is -2.53. The largest absolute Gasteiger partial charge is 0.480 e. The molecule has 1 N–H and O–H groups in total. The van der Waals surface area contributed by atoms with Crippen LogP contribution in [-0.2, 0) is 19.9 Å². The van der Waals surface area contributed by atoms with Crippen molar-refractivity contribution >= 4 is 5.97 Å². The van der Waals surface area contributed by atoms with Crippen LogP contribution in [0, 0.1) is 5.41 Å². The summed E-state index contributed by atoms with van der Waals surface area (Å²) >= 11 is 0. The number of carbonyl (C=O) groups is 1. The molecule has 0 unspecified atom stereocenters. The van der Waals surface area contributed by atoms with Gasteiger partial charge in [-0.3, -0.25) is 0 Å². The van der Waals surface area contributed by atoms with E-state index in [-0.39, 0.29) is 17.6 Å². The van der Waals surface area contributed by atoms with Crippen LogP contribution in [0.3, 0.4) is 0 Å². The monoisotopic (exact) mass is 290 g/mol. The van der Waals surface area contributed by atoms with Crippen molar-refractivity contribution in [2.24, 2.45) is 5.41 Å². The predicted octanol–water partition coefficient (Wildman–Crippen LogP) is 2.96. The molecule has 0 spiro atoms. The Kier molecular flexibility index (Phi) is 4.00. The molecule has 0 amide bonds. The van der Waals surface area contributed by atoms with Crippen LogP contribution in [0.5, 0.6) is 0 Å². The van der Waals surface area contributed by atoms with Gasteiger partial charge >= 0.3 is 5.97 Å². The summed E-state index contributed by atoms with van der Waals surface area (Å²) in [5.41, 5.74) is 1.39. The molecule has 0 radical (unpaired) electrons. The molecule has 2 bridgehead atoms. The summed E-state index contributed by atoms with van der Waals surface area (Å²) in [6.45, 7) is 1.07. The maximum atomic E-state index is 10.5. The zero-order chi connectivity index (χ0) is 14.8. The topological polar surface area (TPSA) is 55.8 Å². The Hall–Kier alpha value is -1.39. The van der Waals surface area contributed by atoms with Gasteiger partial charge in [0.2, 0.25) is 0 Å². The maximum Gasteiger partial charge on any atom is 0.329 e. The number of benzene rings is 1. The third-order valence-corrected chi connectivity index (χ3v) is 5.08. The van der Waals surface area contributed by atoms with Crippen molar-refractivity contribution in [2.75, 3.05) is 19.8 Å². The van der Waals surface area contributed by atoms with Crippen LogP contribution in [0.2, 0.25) is 0 Å². The van der Waals surface area contributed by atoms with E-state index in [2.05, 4.69) is 24.3 Å². The maximum absolute atomic E-state index is 10.5. The quantitative estimate of drug-likeness (QED) is 0.818. The Morgan fingerprint density at radius 2 is 1.90 bits per heavy atom. The summed E-state index contributed by atoms with van der Waals surface area (Å²) in [6.07, 6.45) is 5.27. The van der Waals surface area contributed by atoms with E-state index < -0.39 is 5.97 Å². The highest BCUT2D eigenvalue weighted by Gasteiger charge is 2.50. The minimum absolute atomic E-state index is 0.0923. The van der Waals surface area contributed by atoms with E-state index in [1.54, 1.807) is 0 Å². The minimum Gasteiger partial charge on any atom is -0.480 e. The van der Waals surface area contributed by atoms with Crippen LogP contribution in [0.15, 0.2) is 30.3 Å². The number of rotatable bonds is 6. The van der Waals surface area contributed by atoms with Gasteiger partial charge in [0, 0.05) is 6.61 Å². The van der Waals surface area contributed by atoms with Gasteiger partial charge in [0.25, 0.3) is 0 Å². The van der Waals surface area contributed by atoms with Gasteiger partial charge in [-0.25, -0.2) is 4.79 Å². The van der Waals surface area contributed by atoms with Gasteiger partial charge in [-0.1, -0.05) is 30.3 Å². The standard InChI is InChI=1S/C17H22O4/c18-15(19)12-20-11-10-16-6-8-17(9-7-16,21-13-16)14-4-2-1-3-5-14/h1-5H,6-13H2,(H,18,19). The SMILES string of the molecule is O=C(O)COCCC12CCC(c3ccccc3)(CC1)OC2. The zero-order valence-corrected chi connectivity index (χ0v) is 12.2. The van der Waals surface area contributed by atoms with Gasteiger partial charge in [-0.05, 0) is 43.1 Å². The number of fused-ring (bicyclic) bond motifs is 3. The molecular weight excluding hydrogens is 268 g/mol. The lowest BCUT2D eigenvalue weighted by molar-refractivity contribution is -0.194. The lowest BCUT2D eigenvalue weighted by atomic mass is 9.63. The van der Waals surface area contributed by atoms with Crippen LogP contribution in [0.1, 0.15) is 37.7 Å². The zero-order valence-electron chi connectivity index (χ0n) is 12.2. The molecular formula is C17H22O4. The molecule has 0 aromatic heterocycles. The molecule has 3 fully saturated rings. The summed E-state index contributed by atoms with van der Waals surface area (Å²) in [5, 5.41) is 8.59. The van der Waals surface area contributed by atoms with E-state index in [0.717, 1.165) is 38.7 Å². The Labute approximate surface area is 125 Å². The van der Waals surface area contributed by atoms with Crippen LogP contribution < -0.4 is 0 Å². The Balaban J connectivity index is 1.58. The van der Waals surface area contributed by atoms with Gasteiger partial charge < -0.3 is 14.6 Å². The Morgan fingerprint density at radius 3 is 2.48 bits per heavy atom. The van der Waals surface area contributed by atoms with Crippen LogP contribution in [-0.4, -0.2) is 30.9 Å². The summed E-state index contributed by atoms with van der Waals surface area (Å²) in [7, 11) is 0. The fraction of sp³-hybridized carbons (Fsp3) is 0.588. The summed E-state index contributed by atoms with van der Waals surface area (Å²) < 4.78 is 11.5. The first-order valence-electron chi connectivity index (χ1n) is 7.63. The van der Waals surface area contributed by atoms with Crippen molar-refractivity contribution in [3.8, 4) is 0 Å². The van der Waals surface area contributed by atoms with E-state index in [1.165, 1.54) is 5.56 Å². The highest BCUT2D eigenvalue weighted by atomic mass is 16.5. The van der Waals surface area contributed by atoms with E-state index >= 15 is 0 Å². The highest BCUT2D eigenvalue weighted by molar-refractivity contribution is 5.67. The first-order valence-corrected chi connectivity index (χ1v) is 7.63. The molecule has 1 aromatic rings. The smallest absolute Gasteiger partial charge is 0.329 e. The molecule has 4 heteroatoms. The van der Waals surface area contributed by atoms with Crippen molar-refractivity contribution < 1.29 is 19.4 Å². The molecule has 1 aliphatic carbocycles. The number of carboxylic acid groups (broad SMARTS) is 1. The number of carboxylic acids is 1. The van der Waals surface area contributed by atoms with Gasteiger partial charge in [-0.15, -0.1) is 0 Å². The average Bonchev–Trinajstić information content (AvgIpc) is 2.54. The van der Waals surface area contributed by atoms with Crippen molar-refractivity contribution in [1.29, 1.82) is 0 Å². The number of ether oxygens (including phenoxy) is 2. The lowest BCUT2D eigenvalue weighted by Crippen LogP contribution is -2.49. The normalized spacial score (nSPS) is 31.2. The van der Waals surface area contributed by atoms with Gasteiger partial charge in [-0.2, -0.15) is 0 Å². The second-order valence-electron chi connectivity index (χ2n) is 6.35. The molecule has 2 saturated heterocycles. The first kappa shape index (κ1) is 14.5. The summed E-state index contributed by atoms with van der Waals surface area (Å²) in [4.78, 5) is 10.5. The number of aliphatic carboxylic acids is 1. The van der Waals surface area contributed by atoms with Gasteiger partial charge in [0.15, 0.2) is 0 Å². The number of hydrogen-bond donors (Lipinski definition) is 1. The Bertz CT molecular complexity index is 472. The van der Waals surface area contributed by atoms with Crippen molar-refractivity contribution in [2.45, 2.75) is 37.7 Å². The predicted molar refractivity (Wildman–Crippen MR) is 78.0 cm³/mol. The summed E-state index contributed by atoms with van der Waals surface area (Å²) in [5.74, 6) is -0.904. The van der Waals surface area contributed by atoms with Gasteiger partial charge in [0.05, 0.1) is 12.2 Å². The molecule has 1 saturated carbocycles. The molecule has 2 heterocycles. The molecule has 2 aliphatic heterocycles. The van der Waals surface area contributed by atoms with E-state index in [0.29, 0.717) is 6.61 Å². The third-order valence-electron chi connectivity index (χ3n) is 5.08. The van der Waals surface area contributed by atoms with Crippen LogP contribution >= 0.6 is 0 Å². The van der Waals surface area contributed by atoms with E-state index in [1.807, 2.05) is 6.07 Å². The second-order valence-corrected chi connectivity index (χ2v) is 6.35. The van der Waals surface area contributed by atoms with E-state index in [4.69, 9.17) is 14.6 Å². The van der Waals surface area contributed by atoms with Crippen LogP contribution in [0.4, 0.5) is 0 Å². The fourth-order valence-corrected chi connectivity index (χ4v) is 3.65. The highest BCUT2D eigenvalue weighted by Crippen LogP contribution is 2.54. The fourth-order valence-electron chi connectivity index (χ4n) is 3.65. The average molecular weight is 290 g/mol. The Morgan fingerprint density at radius 1 is 1.19 bits per heavy atom. The molecule has 3 aliphatic rings. The van der Waals surface area contributed by atoms with Crippen molar-refractivity contribution in [3.05, 3.63) is 35.9 Å². The third kappa shape index (κ3) is 2.97. The molecule has 0 atom stereocenters. The van der Waals surface area contributed by atoms with E-state index in [9.17, 15) is 4.79 Å². The van der Waals surface area contributed by atoms with Crippen molar-refractivity contribution in [3.63, 3.8) is 0 Å². The van der Waals surface area contributed by atoms with Crippen LogP contribution in [0.25, 0.3) is 0 Å². The summed E-state index contributed by atoms with van der Waals surface area (Å²) in [6, 6.07) is 10.5. The number of hydrogen-bond acceptors (Lipinski definition) is 3. The molecule has 114 valence electrons. The van der Waals surface area contributed by atoms with Gasteiger partial charge in [0.1, 0.15) is 6.61 Å². The first-order chi connectivity index (χ1) is 10.1. The molecule has 21 heavy (non-hydrogen) atoms. The molecule has 1 aromatic carbocycles. The van der Waals surface area contributed by atoms with Crippen molar-refractivity contribution in [1.82, 2.24) is 0 Å². The molecule has 4 rings (SSSR count). The minimum atomic E-state index is -0.904. The second kappa shape index (κ2) is 5.78.